The van der Waals surface area contributed by atoms with Gasteiger partial charge in [-0.25, -0.2) is 13.4 Å². The molecule has 0 saturated carbocycles. The summed E-state index contributed by atoms with van der Waals surface area (Å²) in [5.41, 5.74) is 2.67. The molecule has 0 bridgehead atoms. The van der Waals surface area contributed by atoms with Crippen LogP contribution in [-0.4, -0.2) is 71.0 Å². The molecule has 2 heterocycles. The van der Waals surface area contributed by atoms with Gasteiger partial charge in [0.25, 0.3) is 5.91 Å². The third-order valence-electron chi connectivity index (χ3n) is 7.18. The number of rotatable bonds is 11. The van der Waals surface area contributed by atoms with Crippen molar-refractivity contribution in [3.63, 3.8) is 0 Å². The van der Waals surface area contributed by atoms with E-state index in [9.17, 15) is 13.2 Å². The number of aryl methyl sites for hydroxylation is 1. The molecule has 3 aromatic rings. The molecule has 4 rings (SSSR count). The molecule has 0 aliphatic carbocycles. The fourth-order valence-electron chi connectivity index (χ4n) is 4.79. The van der Waals surface area contributed by atoms with E-state index in [4.69, 9.17) is 4.74 Å². The summed E-state index contributed by atoms with van der Waals surface area (Å²) in [7, 11) is 1.82. The summed E-state index contributed by atoms with van der Waals surface area (Å²) >= 11 is 0. The van der Waals surface area contributed by atoms with Gasteiger partial charge in [0.15, 0.2) is 11.3 Å². The highest BCUT2D eigenvalue weighted by Gasteiger charge is 2.38. The van der Waals surface area contributed by atoms with Crippen LogP contribution in [0.1, 0.15) is 53.4 Å². The maximum atomic E-state index is 13.7. The number of nitrogens with one attached hydrogen (secondary N) is 3. The summed E-state index contributed by atoms with van der Waals surface area (Å²) in [6.07, 6.45) is 4.44. The Kier molecular flexibility index (Phi) is 9.40. The predicted molar refractivity (Wildman–Crippen MR) is 175 cm³/mol. The summed E-state index contributed by atoms with van der Waals surface area (Å²) < 4.78 is 32.3. The van der Waals surface area contributed by atoms with Gasteiger partial charge in [-0.3, -0.25) is 9.52 Å². The molecule has 0 fully saturated rings. The number of anilines is 3. The second kappa shape index (κ2) is 12.7. The number of ether oxygens (including phenoxy) is 1. The van der Waals surface area contributed by atoms with Crippen molar-refractivity contribution in [2.24, 2.45) is 15.4 Å². The predicted octanol–water partition coefficient (Wildman–Crippen LogP) is 4.99. The number of aromatic nitrogens is 1. The maximum absolute atomic E-state index is 13.7. The zero-order valence-electron chi connectivity index (χ0n) is 26.4. The molecule has 2 aromatic carbocycles. The van der Waals surface area contributed by atoms with Crippen LogP contribution in [0.2, 0.25) is 0 Å². The SMILES string of the molecule is COc1c(NC(=O)c2ccc(C)c(C3(c4ccc(NCCN(C)C)nc4)C=NN=N3)c2)cc(C(C)(C)C)cc1NS(C)(=O)=O. The lowest BCUT2D eigenvalue weighted by molar-refractivity contribution is 0.102. The number of sulfonamides is 1. The quantitative estimate of drug-likeness (QED) is 0.273. The van der Waals surface area contributed by atoms with Gasteiger partial charge in [-0.05, 0) is 78.7 Å². The molecule has 13 heteroatoms. The molecular weight excluding hydrogens is 580 g/mol. The number of carbonyl (C=O) groups is 1. The zero-order valence-corrected chi connectivity index (χ0v) is 27.2. The number of methoxy groups -OCH3 is 1. The Morgan fingerprint density at radius 1 is 1.07 bits per heavy atom. The fraction of sp³-hybridized carbons (Fsp3) is 0.387. The van der Waals surface area contributed by atoms with Crippen LogP contribution in [0.25, 0.3) is 0 Å². The monoisotopic (exact) mass is 620 g/mol. The van der Waals surface area contributed by atoms with Crippen LogP contribution in [0, 0.1) is 6.92 Å². The number of carbonyl (C=O) groups excluding carboxylic acids is 1. The number of likely N-dealkylation sites (N-methyl/N-ethyl adjacent to an activating group) is 1. The van der Waals surface area contributed by atoms with E-state index < -0.39 is 21.5 Å². The number of amides is 1. The topological polar surface area (TPSA) is 150 Å². The molecule has 3 N–H and O–H groups in total. The van der Waals surface area contributed by atoms with Crippen molar-refractivity contribution in [1.29, 1.82) is 0 Å². The first-order valence-corrected chi connectivity index (χ1v) is 16.0. The second-order valence-corrected chi connectivity index (χ2v) is 13.8. The molecule has 234 valence electrons. The third kappa shape index (κ3) is 7.40. The van der Waals surface area contributed by atoms with E-state index in [1.165, 1.54) is 7.11 Å². The standard InChI is InChI=1S/C31H40N8O4S/c1-20-9-10-21(29(40)35-25-16-23(30(2,3)4)17-26(28(25)43-7)36-44(8,41)42)15-24(20)31(19-34-38-37-31)22-11-12-27(33-18-22)32-13-14-39(5)6/h9-12,15-19,36H,13-14H2,1-8H3,(H,32,33)(H,35,40). The molecule has 1 aromatic heterocycles. The van der Waals surface area contributed by atoms with Crippen LogP contribution >= 0.6 is 0 Å². The van der Waals surface area contributed by atoms with E-state index in [0.29, 0.717) is 11.3 Å². The van der Waals surface area contributed by atoms with Gasteiger partial charge in [-0.1, -0.05) is 32.9 Å². The van der Waals surface area contributed by atoms with Crippen molar-refractivity contribution in [3.8, 4) is 5.75 Å². The van der Waals surface area contributed by atoms with Crippen LogP contribution < -0.4 is 20.1 Å². The molecular formula is C31H40N8O4S. The van der Waals surface area contributed by atoms with Gasteiger partial charge in [0.05, 0.1) is 31.0 Å². The van der Waals surface area contributed by atoms with E-state index in [-0.39, 0.29) is 16.9 Å². The van der Waals surface area contributed by atoms with Gasteiger partial charge in [0.2, 0.25) is 10.0 Å². The summed E-state index contributed by atoms with van der Waals surface area (Å²) in [4.78, 5) is 20.4. The normalized spacial score (nSPS) is 16.3. The lowest BCUT2D eigenvalue weighted by atomic mass is 9.82. The first-order valence-electron chi connectivity index (χ1n) is 14.1. The molecule has 12 nitrogen and oxygen atoms in total. The first kappa shape index (κ1) is 32.6. The lowest BCUT2D eigenvalue weighted by Gasteiger charge is -2.25. The van der Waals surface area contributed by atoms with Gasteiger partial charge in [0, 0.05) is 30.4 Å². The van der Waals surface area contributed by atoms with E-state index in [2.05, 4.69) is 40.7 Å². The van der Waals surface area contributed by atoms with E-state index in [0.717, 1.165) is 47.4 Å². The van der Waals surface area contributed by atoms with Crippen molar-refractivity contribution in [1.82, 2.24) is 9.88 Å². The molecule has 1 atom stereocenters. The molecule has 1 aliphatic heterocycles. The number of hydrogen-bond acceptors (Lipinski definition) is 10. The highest BCUT2D eigenvalue weighted by Crippen LogP contribution is 2.40. The van der Waals surface area contributed by atoms with E-state index >= 15 is 0 Å². The molecule has 0 radical (unpaired) electrons. The van der Waals surface area contributed by atoms with Crippen molar-refractivity contribution >= 4 is 39.3 Å². The smallest absolute Gasteiger partial charge is 0.255 e. The lowest BCUT2D eigenvalue weighted by Crippen LogP contribution is -2.27. The van der Waals surface area contributed by atoms with Gasteiger partial charge >= 0.3 is 0 Å². The Bertz CT molecular complexity index is 1680. The number of hydrogen-bond donors (Lipinski definition) is 3. The van der Waals surface area contributed by atoms with E-state index in [1.54, 1.807) is 36.7 Å². The minimum Gasteiger partial charge on any atom is -0.492 e. The fourth-order valence-corrected chi connectivity index (χ4v) is 5.34. The molecule has 1 amide bonds. The minimum absolute atomic E-state index is 0.197. The third-order valence-corrected chi connectivity index (χ3v) is 7.77. The first-order chi connectivity index (χ1) is 20.6. The zero-order chi connectivity index (χ0) is 32.3. The minimum atomic E-state index is -3.62. The maximum Gasteiger partial charge on any atom is 0.255 e. The Morgan fingerprint density at radius 3 is 2.36 bits per heavy atom. The summed E-state index contributed by atoms with van der Waals surface area (Å²) in [6, 6.07) is 12.6. The van der Waals surface area contributed by atoms with Gasteiger partial charge in [0.1, 0.15) is 5.82 Å². The second-order valence-electron chi connectivity index (χ2n) is 12.1. The largest absolute Gasteiger partial charge is 0.492 e. The van der Waals surface area contributed by atoms with Gasteiger partial charge in [-0.2, -0.15) is 0 Å². The Morgan fingerprint density at radius 2 is 1.80 bits per heavy atom. The average molecular weight is 621 g/mol. The Hall–Kier alpha value is -4.36. The van der Waals surface area contributed by atoms with Crippen molar-refractivity contribution in [3.05, 3.63) is 76.5 Å². The van der Waals surface area contributed by atoms with Gasteiger partial charge < -0.3 is 20.3 Å². The van der Waals surface area contributed by atoms with Crippen LogP contribution in [-0.2, 0) is 21.0 Å². The molecule has 1 aliphatic rings. The molecule has 44 heavy (non-hydrogen) atoms. The highest BCUT2D eigenvalue weighted by atomic mass is 32.2. The number of nitrogens with zero attached hydrogens (tertiary/aromatic N) is 5. The van der Waals surface area contributed by atoms with Crippen molar-refractivity contribution in [2.75, 3.05) is 55.9 Å². The van der Waals surface area contributed by atoms with Crippen LogP contribution in [0.3, 0.4) is 0 Å². The molecule has 1 unspecified atom stereocenters. The highest BCUT2D eigenvalue weighted by molar-refractivity contribution is 7.92. The Balaban J connectivity index is 1.70. The van der Waals surface area contributed by atoms with Crippen LogP contribution in [0.4, 0.5) is 17.2 Å². The molecule has 0 saturated heterocycles. The van der Waals surface area contributed by atoms with Crippen LogP contribution in [0.15, 0.2) is 64.1 Å². The molecule has 0 spiro atoms. The Labute approximate surface area is 259 Å². The summed E-state index contributed by atoms with van der Waals surface area (Å²) in [6.45, 7) is 9.53. The van der Waals surface area contributed by atoms with Gasteiger partial charge in [-0.15, -0.1) is 10.2 Å². The average Bonchev–Trinajstić information content (AvgIpc) is 3.43. The van der Waals surface area contributed by atoms with E-state index in [1.807, 2.05) is 60.0 Å². The van der Waals surface area contributed by atoms with Crippen molar-refractivity contribution in [2.45, 2.75) is 38.6 Å². The number of benzene rings is 2. The van der Waals surface area contributed by atoms with Crippen molar-refractivity contribution < 1.29 is 17.9 Å². The summed E-state index contributed by atoms with van der Waals surface area (Å²) in [5.74, 6) is 0.516. The van der Waals surface area contributed by atoms with Crippen LogP contribution in [0.5, 0.6) is 5.75 Å². The number of pyridine rings is 1. The summed E-state index contributed by atoms with van der Waals surface area (Å²) in [5, 5.41) is 18.7.